The predicted molar refractivity (Wildman–Crippen MR) is 143 cm³/mol. The van der Waals surface area contributed by atoms with E-state index in [9.17, 15) is 21.6 Å². The minimum Gasteiger partial charge on any atom is -0.358 e. The monoisotopic (exact) mass is 556 g/mol. The summed E-state index contributed by atoms with van der Waals surface area (Å²) in [5.74, 6) is -2.10. The van der Waals surface area contributed by atoms with Crippen LogP contribution in [0.2, 0.25) is 0 Å². The third-order valence-electron chi connectivity index (χ3n) is 5.51. The third-order valence-corrected chi connectivity index (χ3v) is 7.56. The van der Waals surface area contributed by atoms with Crippen LogP contribution in [0.3, 0.4) is 0 Å². The van der Waals surface area contributed by atoms with Crippen molar-refractivity contribution in [2.75, 3.05) is 5.32 Å². The maximum atomic E-state index is 13.8. The van der Waals surface area contributed by atoms with Gasteiger partial charge in [0.2, 0.25) is 10.0 Å². The molecule has 196 valence electrons. The van der Waals surface area contributed by atoms with E-state index < -0.39 is 27.5 Å². The molecule has 4 rings (SSSR count). The van der Waals surface area contributed by atoms with E-state index in [1.165, 1.54) is 36.4 Å². The van der Waals surface area contributed by atoms with E-state index in [2.05, 4.69) is 15.6 Å². The van der Waals surface area contributed by atoms with Gasteiger partial charge in [0.05, 0.1) is 4.90 Å². The van der Waals surface area contributed by atoms with Crippen LogP contribution in [0.25, 0.3) is 0 Å². The number of anilines is 1. The van der Waals surface area contributed by atoms with Gasteiger partial charge in [-0.2, -0.15) is 4.31 Å². The summed E-state index contributed by atoms with van der Waals surface area (Å²) in [7, 11) is -4.11. The Hall–Kier alpha value is -3.80. The van der Waals surface area contributed by atoms with Crippen LogP contribution in [0.1, 0.15) is 16.7 Å². The highest BCUT2D eigenvalue weighted by molar-refractivity contribution is 7.89. The molecule has 0 spiro atoms. The van der Waals surface area contributed by atoms with Crippen molar-refractivity contribution in [3.63, 3.8) is 0 Å². The minimum absolute atomic E-state index is 0.0299. The summed E-state index contributed by atoms with van der Waals surface area (Å²) >= 11 is 5.31. The van der Waals surface area contributed by atoms with Crippen LogP contribution < -0.4 is 10.6 Å². The van der Waals surface area contributed by atoms with Crippen LogP contribution >= 0.6 is 12.2 Å². The Morgan fingerprint density at radius 2 is 1.37 bits per heavy atom. The first-order valence-corrected chi connectivity index (χ1v) is 13.3. The molecule has 38 heavy (non-hydrogen) atoms. The Kier molecular flexibility index (Phi) is 8.72. The molecule has 0 unspecified atom stereocenters. The fourth-order valence-electron chi connectivity index (χ4n) is 3.64. The molecule has 0 radical (unpaired) electrons. The van der Waals surface area contributed by atoms with Crippen molar-refractivity contribution in [2.24, 2.45) is 0 Å². The Morgan fingerprint density at radius 3 is 2.00 bits per heavy atom. The SMILES string of the molecule is O=S(=O)(c1ccc(NC(=S)NCc2ccncc2)cc1)N(Cc1ccc(F)cc1)Cc1cc(F)cc(F)c1. The summed E-state index contributed by atoms with van der Waals surface area (Å²) in [5.41, 5.74) is 2.20. The highest BCUT2D eigenvalue weighted by atomic mass is 32.2. The molecule has 2 N–H and O–H groups in total. The van der Waals surface area contributed by atoms with Crippen LogP contribution in [0.15, 0.2) is 96.2 Å². The Bertz CT molecular complexity index is 1480. The average Bonchev–Trinajstić information content (AvgIpc) is 2.89. The highest BCUT2D eigenvalue weighted by Crippen LogP contribution is 2.24. The van der Waals surface area contributed by atoms with Gasteiger partial charge in [-0.15, -0.1) is 0 Å². The lowest BCUT2D eigenvalue weighted by Gasteiger charge is -2.23. The zero-order valence-electron chi connectivity index (χ0n) is 19.9. The van der Waals surface area contributed by atoms with Gasteiger partial charge in [-0.05, 0) is 89.6 Å². The summed E-state index contributed by atoms with van der Waals surface area (Å²) in [6, 6.07) is 17.8. The molecule has 0 bridgehead atoms. The van der Waals surface area contributed by atoms with Gasteiger partial charge in [-0.3, -0.25) is 4.98 Å². The second kappa shape index (κ2) is 12.2. The number of hydrogen-bond donors (Lipinski definition) is 2. The van der Waals surface area contributed by atoms with Gasteiger partial charge in [-0.25, -0.2) is 21.6 Å². The molecule has 4 aromatic rings. The van der Waals surface area contributed by atoms with Gasteiger partial charge in [0.1, 0.15) is 17.5 Å². The summed E-state index contributed by atoms with van der Waals surface area (Å²) in [5, 5.41) is 6.40. The standard InChI is InChI=1S/C27H23F3N4O2S2/c28-22-3-1-20(2-4-22)17-34(18-21-13-23(29)15-24(30)14-21)38(35,36)26-7-5-25(6-8-26)33-27(37)32-16-19-9-11-31-12-10-19/h1-15H,16-18H2,(H2,32,33,37). The summed E-state index contributed by atoms with van der Waals surface area (Å²) < 4.78 is 69.2. The zero-order valence-corrected chi connectivity index (χ0v) is 21.6. The molecule has 6 nitrogen and oxygen atoms in total. The van der Waals surface area contributed by atoms with Gasteiger partial charge in [0.25, 0.3) is 0 Å². The van der Waals surface area contributed by atoms with Crippen LogP contribution in [0, 0.1) is 17.5 Å². The molecular formula is C27H23F3N4O2S2. The number of pyridine rings is 1. The first-order chi connectivity index (χ1) is 18.2. The Balaban J connectivity index is 1.51. The lowest BCUT2D eigenvalue weighted by molar-refractivity contribution is 0.399. The van der Waals surface area contributed by atoms with E-state index in [0.717, 1.165) is 22.0 Å². The molecule has 0 aliphatic carbocycles. The number of halogens is 3. The van der Waals surface area contributed by atoms with Crippen molar-refractivity contribution in [1.82, 2.24) is 14.6 Å². The Morgan fingerprint density at radius 1 is 0.763 bits per heavy atom. The minimum atomic E-state index is -4.11. The number of hydrogen-bond acceptors (Lipinski definition) is 4. The molecule has 0 amide bonds. The van der Waals surface area contributed by atoms with Gasteiger partial charge >= 0.3 is 0 Å². The van der Waals surface area contributed by atoms with Crippen LogP contribution in [-0.2, 0) is 29.7 Å². The quantitative estimate of drug-likeness (QED) is 0.270. The second-order valence-electron chi connectivity index (χ2n) is 8.36. The average molecular weight is 557 g/mol. The number of rotatable bonds is 9. The number of benzene rings is 3. The van der Waals surface area contributed by atoms with E-state index in [1.807, 2.05) is 12.1 Å². The smallest absolute Gasteiger partial charge is 0.243 e. The van der Waals surface area contributed by atoms with E-state index in [0.29, 0.717) is 29.0 Å². The van der Waals surface area contributed by atoms with Crippen molar-refractivity contribution in [2.45, 2.75) is 24.5 Å². The molecule has 0 atom stereocenters. The summed E-state index contributed by atoms with van der Waals surface area (Å²) in [6.07, 6.45) is 3.35. The third kappa shape index (κ3) is 7.37. The number of sulfonamides is 1. The second-order valence-corrected chi connectivity index (χ2v) is 10.7. The number of nitrogens with one attached hydrogen (secondary N) is 2. The highest BCUT2D eigenvalue weighted by Gasteiger charge is 2.25. The van der Waals surface area contributed by atoms with Crippen LogP contribution in [0.5, 0.6) is 0 Å². The van der Waals surface area contributed by atoms with E-state index in [-0.39, 0.29) is 23.5 Å². The van der Waals surface area contributed by atoms with E-state index in [1.54, 1.807) is 24.5 Å². The molecule has 0 saturated carbocycles. The maximum Gasteiger partial charge on any atom is 0.243 e. The zero-order chi connectivity index (χ0) is 27.1. The fourth-order valence-corrected chi connectivity index (χ4v) is 5.25. The summed E-state index contributed by atoms with van der Waals surface area (Å²) in [6.45, 7) is 0.0565. The predicted octanol–water partition coefficient (Wildman–Crippen LogP) is 5.38. The molecule has 1 heterocycles. The fraction of sp³-hybridized carbons (Fsp3) is 0.111. The Labute approximate surface area is 224 Å². The van der Waals surface area contributed by atoms with Crippen molar-refractivity contribution in [3.8, 4) is 0 Å². The van der Waals surface area contributed by atoms with Crippen LogP contribution in [-0.4, -0.2) is 22.8 Å². The van der Waals surface area contributed by atoms with E-state index >= 15 is 0 Å². The summed E-state index contributed by atoms with van der Waals surface area (Å²) in [4.78, 5) is 3.93. The molecular weight excluding hydrogens is 533 g/mol. The number of thiocarbonyl (C=S) groups is 1. The van der Waals surface area contributed by atoms with Crippen molar-refractivity contribution in [3.05, 3.63) is 125 Å². The van der Waals surface area contributed by atoms with Gasteiger partial charge in [0.15, 0.2) is 5.11 Å². The first kappa shape index (κ1) is 27.2. The van der Waals surface area contributed by atoms with E-state index in [4.69, 9.17) is 12.2 Å². The lowest BCUT2D eigenvalue weighted by Crippen LogP contribution is -2.30. The molecule has 3 aromatic carbocycles. The molecule has 0 aliphatic rings. The van der Waals surface area contributed by atoms with Gasteiger partial charge in [-0.1, -0.05) is 12.1 Å². The lowest BCUT2D eigenvalue weighted by atomic mass is 10.2. The van der Waals surface area contributed by atoms with Crippen LogP contribution in [0.4, 0.5) is 18.9 Å². The number of nitrogens with zero attached hydrogens (tertiary/aromatic N) is 2. The van der Waals surface area contributed by atoms with Gasteiger partial charge < -0.3 is 10.6 Å². The van der Waals surface area contributed by atoms with Gasteiger partial charge in [0, 0.05) is 43.8 Å². The van der Waals surface area contributed by atoms with Crippen molar-refractivity contribution in [1.29, 1.82) is 0 Å². The molecule has 0 fully saturated rings. The molecule has 11 heteroatoms. The first-order valence-electron chi connectivity index (χ1n) is 11.4. The topological polar surface area (TPSA) is 74.3 Å². The maximum absolute atomic E-state index is 13.8. The molecule has 0 saturated heterocycles. The largest absolute Gasteiger partial charge is 0.358 e. The van der Waals surface area contributed by atoms with Crippen molar-refractivity contribution >= 4 is 33.0 Å². The molecule has 1 aromatic heterocycles. The molecule has 0 aliphatic heterocycles. The normalized spacial score (nSPS) is 11.4. The number of aromatic nitrogens is 1. The van der Waals surface area contributed by atoms with Crippen molar-refractivity contribution < 1.29 is 21.6 Å².